The first-order chi connectivity index (χ1) is 14.4. The Balaban J connectivity index is 0.00000218. The van der Waals surface area contributed by atoms with Gasteiger partial charge < -0.3 is 24.2 Å². The van der Waals surface area contributed by atoms with E-state index in [0.29, 0.717) is 11.6 Å². The van der Waals surface area contributed by atoms with Crippen molar-refractivity contribution in [1.82, 2.24) is 0 Å². The number of hydrogen-bond donors (Lipinski definition) is 1. The van der Waals surface area contributed by atoms with E-state index >= 15 is 0 Å². The summed E-state index contributed by atoms with van der Waals surface area (Å²) < 4.78 is 15.5. The van der Waals surface area contributed by atoms with Gasteiger partial charge in [0, 0.05) is 20.1 Å². The van der Waals surface area contributed by atoms with Crippen molar-refractivity contribution in [2.75, 3.05) is 39.4 Å². The van der Waals surface area contributed by atoms with Crippen LogP contribution in [0.3, 0.4) is 0 Å². The number of anilines is 1. The van der Waals surface area contributed by atoms with E-state index in [9.17, 15) is 14.7 Å². The number of benzene rings is 1. The molecule has 170 valence electrons. The third kappa shape index (κ3) is 6.71. The van der Waals surface area contributed by atoms with E-state index in [1.54, 1.807) is 25.2 Å². The minimum Gasteiger partial charge on any atom is -0.508 e. The van der Waals surface area contributed by atoms with Crippen LogP contribution in [0.5, 0.6) is 5.75 Å². The molecule has 0 atom stereocenters. The highest BCUT2D eigenvalue weighted by Crippen LogP contribution is 2.34. The van der Waals surface area contributed by atoms with Gasteiger partial charge in [0.2, 0.25) is 5.91 Å². The van der Waals surface area contributed by atoms with Crippen LogP contribution in [0.25, 0.3) is 0 Å². The summed E-state index contributed by atoms with van der Waals surface area (Å²) in [6, 6.07) is 3.95. The highest BCUT2D eigenvalue weighted by atomic mass is 16.5. The molecule has 0 unspecified atom stereocenters. The molecule has 0 heterocycles. The molecule has 2 rings (SSSR count). The number of aromatic hydroxyl groups is 1. The lowest BCUT2D eigenvalue weighted by atomic mass is 9.82. The van der Waals surface area contributed by atoms with Gasteiger partial charge in [-0.25, -0.2) is 4.79 Å². The van der Waals surface area contributed by atoms with Crippen LogP contribution < -0.4 is 4.90 Å². The quantitative estimate of drug-likeness (QED) is 0.636. The summed E-state index contributed by atoms with van der Waals surface area (Å²) >= 11 is 0. The summed E-state index contributed by atoms with van der Waals surface area (Å²) in [5.41, 5.74) is 0.532. The number of carbonyl (C=O) groups is 2. The molecule has 0 bridgehead atoms. The van der Waals surface area contributed by atoms with Crippen molar-refractivity contribution in [2.24, 2.45) is 11.8 Å². The van der Waals surface area contributed by atoms with E-state index in [2.05, 4.69) is 6.92 Å². The zero-order valence-corrected chi connectivity index (χ0v) is 19.1. The van der Waals surface area contributed by atoms with Crippen molar-refractivity contribution in [3.63, 3.8) is 0 Å². The van der Waals surface area contributed by atoms with Crippen LogP contribution in [0.1, 0.15) is 56.8 Å². The average molecular weight is 424 g/mol. The van der Waals surface area contributed by atoms with Crippen LogP contribution in [0, 0.1) is 11.8 Å². The summed E-state index contributed by atoms with van der Waals surface area (Å²) in [6.07, 6.45) is 3.63. The van der Waals surface area contributed by atoms with Crippen LogP contribution in [-0.4, -0.2) is 57.6 Å². The van der Waals surface area contributed by atoms with Crippen LogP contribution in [0.2, 0.25) is 0 Å². The molecule has 7 heteroatoms. The summed E-state index contributed by atoms with van der Waals surface area (Å²) in [5, 5.41) is 9.86. The largest absolute Gasteiger partial charge is 0.508 e. The predicted octanol–water partition coefficient (Wildman–Crippen LogP) is 4.03. The fourth-order valence-corrected chi connectivity index (χ4v) is 3.79. The molecule has 1 aromatic rings. The number of ether oxygens (including phenoxy) is 3. The predicted molar refractivity (Wildman–Crippen MR) is 117 cm³/mol. The van der Waals surface area contributed by atoms with Gasteiger partial charge in [-0.3, -0.25) is 4.79 Å². The molecule has 1 N–H and O–H groups in total. The Bertz CT molecular complexity index is 664. The molecule has 1 fully saturated rings. The third-order valence-corrected chi connectivity index (χ3v) is 5.33. The third-order valence-electron chi connectivity index (χ3n) is 5.33. The number of hydrogen-bond acceptors (Lipinski definition) is 6. The number of methoxy groups -OCH3 is 3. The first-order valence-electron chi connectivity index (χ1n) is 10.6. The van der Waals surface area contributed by atoms with Gasteiger partial charge in [0.15, 0.2) is 0 Å². The van der Waals surface area contributed by atoms with Crippen molar-refractivity contribution in [3.05, 3.63) is 23.8 Å². The van der Waals surface area contributed by atoms with Gasteiger partial charge >= 0.3 is 5.97 Å². The lowest BCUT2D eigenvalue weighted by molar-refractivity contribution is -0.124. The molecule has 0 aliphatic heterocycles. The van der Waals surface area contributed by atoms with E-state index in [4.69, 9.17) is 14.2 Å². The van der Waals surface area contributed by atoms with E-state index in [0.717, 1.165) is 25.7 Å². The fraction of sp³-hybridized carbons (Fsp3) is 0.652. The van der Waals surface area contributed by atoms with Crippen molar-refractivity contribution in [2.45, 2.75) is 52.5 Å². The zero-order chi connectivity index (χ0) is 22.7. The lowest BCUT2D eigenvalue weighted by Crippen LogP contribution is -2.49. The highest BCUT2D eigenvalue weighted by molar-refractivity contribution is 6.04. The van der Waals surface area contributed by atoms with Gasteiger partial charge in [-0.1, -0.05) is 20.8 Å². The number of nitrogens with zero attached hydrogens (tertiary/aromatic N) is 1. The molecule has 0 aromatic heterocycles. The number of amides is 1. The molecule has 1 saturated carbocycles. The normalized spacial score (nSPS) is 18.4. The Labute approximate surface area is 180 Å². The van der Waals surface area contributed by atoms with Gasteiger partial charge in [-0.2, -0.15) is 0 Å². The maximum Gasteiger partial charge on any atom is 0.340 e. The first kappa shape index (κ1) is 25.9. The van der Waals surface area contributed by atoms with E-state index in [1.165, 1.54) is 19.2 Å². The summed E-state index contributed by atoms with van der Waals surface area (Å²) in [6.45, 7) is 6.71. The van der Waals surface area contributed by atoms with Crippen LogP contribution in [-0.2, 0) is 19.0 Å². The Morgan fingerprint density at radius 1 is 1.07 bits per heavy atom. The van der Waals surface area contributed by atoms with E-state index in [-0.39, 0.29) is 36.4 Å². The zero-order valence-electron chi connectivity index (χ0n) is 19.1. The van der Waals surface area contributed by atoms with Crippen LogP contribution in [0.15, 0.2) is 18.2 Å². The van der Waals surface area contributed by atoms with Crippen molar-refractivity contribution >= 4 is 17.6 Å². The van der Waals surface area contributed by atoms with Gasteiger partial charge in [-0.15, -0.1) is 0 Å². The number of rotatable bonds is 8. The molecule has 30 heavy (non-hydrogen) atoms. The van der Waals surface area contributed by atoms with Crippen LogP contribution >= 0.6 is 0 Å². The molecule has 0 radical (unpaired) electrons. The Morgan fingerprint density at radius 3 is 2.13 bits per heavy atom. The minimum atomic E-state index is -0.616. The van der Waals surface area contributed by atoms with Gasteiger partial charge in [0.1, 0.15) is 5.75 Å². The van der Waals surface area contributed by atoms with Gasteiger partial charge in [-0.05, 0) is 49.8 Å². The van der Waals surface area contributed by atoms with Crippen molar-refractivity contribution < 1.29 is 28.9 Å². The molecule has 7 nitrogen and oxygen atoms in total. The summed E-state index contributed by atoms with van der Waals surface area (Å²) in [4.78, 5) is 27.5. The SMILES string of the molecule is CC.COCC(COC)N(C(=O)C1CCC(C)CC1)c1ccc(O)cc1C(=O)OC. The van der Waals surface area contributed by atoms with Gasteiger partial charge in [0.05, 0.1) is 37.6 Å². The number of carbonyl (C=O) groups excluding carboxylic acids is 2. The molecule has 0 saturated heterocycles. The molecule has 1 aliphatic rings. The standard InChI is InChI=1S/C21H31NO6.C2H6/c1-14-5-7-15(8-6-14)20(24)22(16(12-26-2)13-27-3)19-10-9-17(23)11-18(19)21(25)28-4;1-2/h9-11,14-16,23H,5-8,12-13H2,1-4H3;1-2H3. The average Bonchev–Trinajstić information content (AvgIpc) is 2.76. The number of phenolic OH excluding ortho intramolecular Hbond substituents is 1. The fourth-order valence-electron chi connectivity index (χ4n) is 3.79. The maximum atomic E-state index is 13.5. The molecule has 0 spiro atoms. The van der Waals surface area contributed by atoms with Gasteiger partial charge in [0.25, 0.3) is 0 Å². The monoisotopic (exact) mass is 423 g/mol. The Kier molecular flexibility index (Phi) is 11.4. The number of esters is 1. The smallest absolute Gasteiger partial charge is 0.340 e. The molecule has 1 aliphatic carbocycles. The second-order valence-electron chi connectivity index (χ2n) is 7.42. The summed E-state index contributed by atoms with van der Waals surface area (Å²) in [7, 11) is 4.39. The Hall–Kier alpha value is -2.12. The van der Waals surface area contributed by atoms with E-state index in [1.807, 2.05) is 13.8 Å². The second-order valence-corrected chi connectivity index (χ2v) is 7.42. The van der Waals surface area contributed by atoms with Crippen molar-refractivity contribution in [1.29, 1.82) is 0 Å². The van der Waals surface area contributed by atoms with Crippen molar-refractivity contribution in [3.8, 4) is 5.75 Å². The highest BCUT2D eigenvalue weighted by Gasteiger charge is 2.35. The van der Waals surface area contributed by atoms with E-state index < -0.39 is 12.0 Å². The van der Waals surface area contributed by atoms with Crippen LogP contribution in [0.4, 0.5) is 5.69 Å². The molecule has 1 aromatic carbocycles. The molecule has 1 amide bonds. The summed E-state index contributed by atoms with van der Waals surface area (Å²) in [5.74, 6) is -0.244. The minimum absolute atomic E-state index is 0.0538. The topological polar surface area (TPSA) is 85.3 Å². The maximum absolute atomic E-state index is 13.5. The molecular weight excluding hydrogens is 386 g/mol. The first-order valence-corrected chi connectivity index (χ1v) is 10.6. The Morgan fingerprint density at radius 2 is 1.63 bits per heavy atom. The lowest BCUT2D eigenvalue weighted by Gasteiger charge is -2.36. The number of phenols is 1. The molecular formula is C23H37NO6. The second kappa shape index (κ2) is 13.2.